The molecule has 0 fully saturated rings. The fourth-order valence-corrected chi connectivity index (χ4v) is 2.51. The zero-order chi connectivity index (χ0) is 16.3. The molecule has 0 aromatic heterocycles. The molecule has 0 saturated carbocycles. The molecule has 0 aliphatic heterocycles. The van der Waals surface area contributed by atoms with E-state index in [2.05, 4.69) is 10.6 Å². The summed E-state index contributed by atoms with van der Waals surface area (Å²) in [5.74, 6) is -0.340. The first-order valence-electron chi connectivity index (χ1n) is 6.76. The van der Waals surface area contributed by atoms with Gasteiger partial charge in [-0.15, -0.1) is 0 Å². The van der Waals surface area contributed by atoms with Crippen LogP contribution in [0.15, 0.2) is 0 Å². The molecule has 2 amide bonds. The minimum atomic E-state index is -1.05. The predicted octanol–water partition coefficient (Wildman–Crippen LogP) is 0.957. The van der Waals surface area contributed by atoms with E-state index in [0.29, 0.717) is 24.3 Å². The van der Waals surface area contributed by atoms with Crippen molar-refractivity contribution in [1.29, 1.82) is 0 Å². The van der Waals surface area contributed by atoms with Crippen molar-refractivity contribution >= 4 is 41.3 Å². The Bertz CT molecular complexity index is 353. The maximum absolute atomic E-state index is 12.2. The summed E-state index contributed by atoms with van der Waals surface area (Å²) >= 11 is 3.09. The second kappa shape index (κ2) is 11.7. The summed E-state index contributed by atoms with van der Waals surface area (Å²) < 4.78 is 0. The number of aliphatic carboxylic acids is 1. The molecule has 122 valence electrons. The van der Waals surface area contributed by atoms with Crippen LogP contribution < -0.4 is 10.6 Å². The molecule has 0 aromatic carbocycles. The molecule has 0 spiro atoms. The van der Waals surface area contributed by atoms with E-state index < -0.39 is 24.0 Å². The van der Waals surface area contributed by atoms with Gasteiger partial charge in [-0.05, 0) is 36.9 Å². The van der Waals surface area contributed by atoms with Crippen molar-refractivity contribution in [2.75, 3.05) is 24.0 Å². The third kappa shape index (κ3) is 8.87. The molecule has 0 rings (SSSR count). The molecular weight excluding hydrogens is 312 g/mol. The van der Waals surface area contributed by atoms with E-state index in [1.54, 1.807) is 18.7 Å². The molecule has 0 aliphatic rings. The number of hydrogen-bond donors (Lipinski definition) is 3. The molecule has 8 heteroatoms. The van der Waals surface area contributed by atoms with Gasteiger partial charge in [-0.25, -0.2) is 4.79 Å². The van der Waals surface area contributed by atoms with Crippen LogP contribution in [-0.2, 0) is 14.4 Å². The topological polar surface area (TPSA) is 95.5 Å². The molecule has 3 N–H and O–H groups in total. The first kappa shape index (κ1) is 20.1. The van der Waals surface area contributed by atoms with Gasteiger partial charge in [0.15, 0.2) is 0 Å². The molecule has 0 aromatic rings. The molecule has 0 saturated heterocycles. The third-order valence-electron chi connectivity index (χ3n) is 2.81. The number of thioether (sulfide) groups is 2. The van der Waals surface area contributed by atoms with Crippen LogP contribution in [-0.4, -0.2) is 59.0 Å². The van der Waals surface area contributed by atoms with Gasteiger partial charge >= 0.3 is 5.97 Å². The van der Waals surface area contributed by atoms with Gasteiger partial charge in [0.05, 0.1) is 0 Å². The number of hydrogen-bond acceptors (Lipinski definition) is 5. The summed E-state index contributed by atoms with van der Waals surface area (Å²) in [6.07, 6.45) is 4.92. The number of carboxylic acids is 1. The van der Waals surface area contributed by atoms with E-state index in [1.807, 2.05) is 12.5 Å². The van der Waals surface area contributed by atoms with Crippen LogP contribution >= 0.6 is 23.5 Å². The number of carbonyl (C=O) groups excluding carboxylic acids is 2. The number of nitrogens with one attached hydrogen (secondary N) is 2. The number of rotatable bonds is 11. The molecular formula is C13H24N2O4S2. The van der Waals surface area contributed by atoms with Crippen molar-refractivity contribution in [1.82, 2.24) is 10.6 Å². The maximum Gasteiger partial charge on any atom is 0.326 e. The summed E-state index contributed by atoms with van der Waals surface area (Å²) in [5, 5.41) is 14.3. The molecule has 0 bridgehead atoms. The summed E-state index contributed by atoms with van der Waals surface area (Å²) in [4.78, 5) is 34.8. The highest BCUT2D eigenvalue weighted by molar-refractivity contribution is 7.98. The SMILES string of the molecule is CCC(=O)N[C@@H](CCSC)C(=O)N[C@@H](CCSC)C(=O)O. The van der Waals surface area contributed by atoms with E-state index in [1.165, 1.54) is 11.8 Å². The standard InChI is InChI=1S/C13H24N2O4S2/c1-4-11(16)14-9(5-7-20-2)12(17)15-10(13(18)19)6-8-21-3/h9-10H,4-8H2,1-3H3,(H,14,16)(H,15,17)(H,18,19)/t9-,10-/m0/s1. The summed E-state index contributed by atoms with van der Waals surface area (Å²) in [5.41, 5.74) is 0. The molecule has 0 unspecified atom stereocenters. The van der Waals surface area contributed by atoms with Crippen molar-refractivity contribution < 1.29 is 19.5 Å². The lowest BCUT2D eigenvalue weighted by Gasteiger charge is -2.21. The number of carboxylic acid groups (broad SMARTS) is 1. The van der Waals surface area contributed by atoms with Gasteiger partial charge in [0.1, 0.15) is 12.1 Å². The Morgan fingerprint density at radius 3 is 1.95 bits per heavy atom. The van der Waals surface area contributed by atoms with Gasteiger partial charge < -0.3 is 15.7 Å². The lowest BCUT2D eigenvalue weighted by Crippen LogP contribution is -2.51. The second-order valence-corrected chi connectivity index (χ2v) is 6.41. The van der Waals surface area contributed by atoms with Crippen LogP contribution in [0, 0.1) is 0 Å². The highest BCUT2D eigenvalue weighted by Crippen LogP contribution is 2.05. The average Bonchev–Trinajstić information content (AvgIpc) is 2.46. The smallest absolute Gasteiger partial charge is 0.326 e. The summed E-state index contributed by atoms with van der Waals surface area (Å²) in [7, 11) is 0. The minimum Gasteiger partial charge on any atom is -0.480 e. The van der Waals surface area contributed by atoms with Gasteiger partial charge in [0, 0.05) is 6.42 Å². The Morgan fingerprint density at radius 1 is 1.00 bits per heavy atom. The van der Waals surface area contributed by atoms with Gasteiger partial charge in [-0.2, -0.15) is 23.5 Å². The lowest BCUT2D eigenvalue weighted by atomic mass is 10.1. The molecule has 0 heterocycles. The Balaban J connectivity index is 4.66. The Hall–Kier alpha value is -0.890. The van der Waals surface area contributed by atoms with E-state index >= 15 is 0 Å². The maximum atomic E-state index is 12.2. The molecule has 2 atom stereocenters. The minimum absolute atomic E-state index is 0.216. The van der Waals surface area contributed by atoms with Crippen molar-refractivity contribution in [3.05, 3.63) is 0 Å². The van der Waals surface area contributed by atoms with Gasteiger partial charge in [-0.3, -0.25) is 9.59 Å². The van der Waals surface area contributed by atoms with E-state index in [-0.39, 0.29) is 12.3 Å². The largest absolute Gasteiger partial charge is 0.480 e. The highest BCUT2D eigenvalue weighted by Gasteiger charge is 2.25. The van der Waals surface area contributed by atoms with Crippen LogP contribution in [0.3, 0.4) is 0 Å². The highest BCUT2D eigenvalue weighted by atomic mass is 32.2. The number of amides is 2. The number of carbonyl (C=O) groups is 3. The van der Waals surface area contributed by atoms with Crippen LogP contribution in [0.1, 0.15) is 26.2 Å². The summed E-state index contributed by atoms with van der Waals surface area (Å²) in [6.45, 7) is 1.71. The molecule has 0 aliphatic carbocycles. The van der Waals surface area contributed by atoms with Gasteiger partial charge in [-0.1, -0.05) is 6.92 Å². The monoisotopic (exact) mass is 336 g/mol. The third-order valence-corrected chi connectivity index (χ3v) is 4.10. The fourth-order valence-electron chi connectivity index (χ4n) is 1.57. The second-order valence-electron chi connectivity index (χ2n) is 4.44. The van der Waals surface area contributed by atoms with Crippen molar-refractivity contribution in [2.45, 2.75) is 38.3 Å². The van der Waals surface area contributed by atoms with Crippen LogP contribution in [0.2, 0.25) is 0 Å². The van der Waals surface area contributed by atoms with Gasteiger partial charge in [0.2, 0.25) is 11.8 Å². The van der Waals surface area contributed by atoms with Crippen molar-refractivity contribution in [2.24, 2.45) is 0 Å². The Morgan fingerprint density at radius 2 is 1.52 bits per heavy atom. The Labute approximate surface area is 134 Å². The zero-order valence-electron chi connectivity index (χ0n) is 12.7. The normalized spacial score (nSPS) is 13.3. The predicted molar refractivity (Wildman–Crippen MR) is 87.8 cm³/mol. The van der Waals surface area contributed by atoms with Crippen LogP contribution in [0.4, 0.5) is 0 Å². The van der Waals surface area contributed by atoms with Crippen LogP contribution in [0.5, 0.6) is 0 Å². The van der Waals surface area contributed by atoms with E-state index in [0.717, 1.165) is 0 Å². The quantitative estimate of drug-likeness (QED) is 0.520. The van der Waals surface area contributed by atoms with Crippen molar-refractivity contribution in [3.63, 3.8) is 0 Å². The Kier molecular flexibility index (Phi) is 11.2. The first-order valence-corrected chi connectivity index (χ1v) is 9.55. The van der Waals surface area contributed by atoms with E-state index in [4.69, 9.17) is 5.11 Å². The van der Waals surface area contributed by atoms with Crippen LogP contribution in [0.25, 0.3) is 0 Å². The zero-order valence-corrected chi connectivity index (χ0v) is 14.3. The van der Waals surface area contributed by atoms with Crippen molar-refractivity contribution in [3.8, 4) is 0 Å². The van der Waals surface area contributed by atoms with E-state index in [9.17, 15) is 14.4 Å². The molecule has 21 heavy (non-hydrogen) atoms. The lowest BCUT2D eigenvalue weighted by molar-refractivity contribution is -0.142. The molecule has 0 radical (unpaired) electrons. The van der Waals surface area contributed by atoms with Gasteiger partial charge in [0.25, 0.3) is 0 Å². The first-order chi connectivity index (χ1) is 9.96. The molecule has 6 nitrogen and oxygen atoms in total. The average molecular weight is 336 g/mol. The fraction of sp³-hybridized carbons (Fsp3) is 0.769. The summed E-state index contributed by atoms with van der Waals surface area (Å²) in [6, 6.07) is -1.60.